The normalized spacial score (nSPS) is 15.9. The number of halogens is 1. The summed E-state index contributed by atoms with van der Waals surface area (Å²) in [5, 5.41) is 4.77. The molecule has 3 heterocycles. The Morgan fingerprint density at radius 2 is 1.79 bits per heavy atom. The van der Waals surface area contributed by atoms with Crippen molar-refractivity contribution in [1.29, 1.82) is 0 Å². The first-order valence-electron chi connectivity index (χ1n) is 11.5. The van der Waals surface area contributed by atoms with E-state index in [2.05, 4.69) is 9.97 Å². The predicted molar refractivity (Wildman–Crippen MR) is 128 cm³/mol. The number of carbonyl (C=O) groups is 1. The minimum absolute atomic E-state index is 0.0984. The van der Waals surface area contributed by atoms with Gasteiger partial charge in [-0.25, -0.2) is 19.0 Å². The molecule has 1 amide bonds. The lowest BCUT2D eigenvalue weighted by molar-refractivity contribution is -0.131. The predicted octanol–water partition coefficient (Wildman–Crippen LogP) is 4.73. The summed E-state index contributed by atoms with van der Waals surface area (Å²) in [6.07, 6.45) is 5.62. The van der Waals surface area contributed by atoms with E-state index in [-0.39, 0.29) is 17.6 Å². The SMILES string of the molecule is Cc1ccc(CC(=O)N2CCCC(c3cc(-c4ccc(F)cc4)nn3-c3ncccn3)C2)cc1. The Balaban J connectivity index is 1.42. The second-order valence-corrected chi connectivity index (χ2v) is 8.76. The highest BCUT2D eigenvalue weighted by atomic mass is 19.1. The molecule has 1 aliphatic heterocycles. The van der Waals surface area contributed by atoms with Crippen LogP contribution in [0.5, 0.6) is 0 Å². The van der Waals surface area contributed by atoms with Gasteiger partial charge in [0.1, 0.15) is 5.82 Å². The first kappa shape index (κ1) is 21.9. The Bertz CT molecular complexity index is 1270. The van der Waals surface area contributed by atoms with Crippen LogP contribution >= 0.6 is 0 Å². The van der Waals surface area contributed by atoms with Gasteiger partial charge in [-0.3, -0.25) is 4.79 Å². The van der Waals surface area contributed by atoms with Crippen molar-refractivity contribution in [2.45, 2.75) is 32.1 Å². The van der Waals surface area contributed by atoms with E-state index < -0.39 is 0 Å². The minimum Gasteiger partial charge on any atom is -0.342 e. The molecular formula is C27H26FN5O. The van der Waals surface area contributed by atoms with Crippen LogP contribution in [0.15, 0.2) is 73.1 Å². The van der Waals surface area contributed by atoms with E-state index >= 15 is 0 Å². The lowest BCUT2D eigenvalue weighted by atomic mass is 9.93. The van der Waals surface area contributed by atoms with Crippen molar-refractivity contribution in [1.82, 2.24) is 24.6 Å². The number of hydrogen-bond acceptors (Lipinski definition) is 4. The van der Waals surface area contributed by atoms with Gasteiger partial charge >= 0.3 is 0 Å². The van der Waals surface area contributed by atoms with Crippen molar-refractivity contribution in [3.05, 3.63) is 95.7 Å². The van der Waals surface area contributed by atoms with Crippen molar-refractivity contribution in [3.63, 3.8) is 0 Å². The maximum Gasteiger partial charge on any atom is 0.250 e. The van der Waals surface area contributed by atoms with Crippen LogP contribution in [-0.4, -0.2) is 43.6 Å². The third kappa shape index (κ3) is 4.73. The van der Waals surface area contributed by atoms with Crippen molar-refractivity contribution in [3.8, 4) is 17.2 Å². The van der Waals surface area contributed by atoms with Crippen molar-refractivity contribution < 1.29 is 9.18 Å². The van der Waals surface area contributed by atoms with Gasteiger partial charge in [0.2, 0.25) is 5.91 Å². The summed E-state index contributed by atoms with van der Waals surface area (Å²) >= 11 is 0. The smallest absolute Gasteiger partial charge is 0.250 e. The number of aryl methyl sites for hydroxylation is 1. The maximum atomic E-state index is 13.5. The summed E-state index contributed by atoms with van der Waals surface area (Å²) in [5.41, 5.74) is 4.71. The fourth-order valence-corrected chi connectivity index (χ4v) is 4.45. The van der Waals surface area contributed by atoms with Crippen LogP contribution in [0.3, 0.4) is 0 Å². The number of likely N-dealkylation sites (tertiary alicyclic amines) is 1. The maximum absolute atomic E-state index is 13.5. The van der Waals surface area contributed by atoms with Crippen LogP contribution < -0.4 is 0 Å². The van der Waals surface area contributed by atoms with Gasteiger partial charge < -0.3 is 4.90 Å². The van der Waals surface area contributed by atoms with Gasteiger partial charge in [-0.05, 0) is 61.7 Å². The van der Waals surface area contributed by atoms with Crippen molar-refractivity contribution in [2.75, 3.05) is 13.1 Å². The van der Waals surface area contributed by atoms with Gasteiger partial charge in [-0.2, -0.15) is 5.10 Å². The number of benzene rings is 2. The van der Waals surface area contributed by atoms with Crippen LogP contribution in [0, 0.1) is 12.7 Å². The van der Waals surface area contributed by atoms with Gasteiger partial charge in [-0.15, -0.1) is 0 Å². The number of piperidine rings is 1. The molecule has 5 rings (SSSR count). The van der Waals surface area contributed by atoms with Crippen LogP contribution in [0.4, 0.5) is 4.39 Å². The van der Waals surface area contributed by atoms with Crippen LogP contribution in [0.1, 0.15) is 35.6 Å². The third-order valence-corrected chi connectivity index (χ3v) is 6.29. The number of carbonyl (C=O) groups excluding carboxylic acids is 1. The summed E-state index contributed by atoms with van der Waals surface area (Å²) in [4.78, 5) is 23.8. The molecule has 4 aromatic rings. The van der Waals surface area contributed by atoms with E-state index in [1.807, 2.05) is 42.2 Å². The highest BCUT2D eigenvalue weighted by Crippen LogP contribution is 2.31. The number of amides is 1. The largest absolute Gasteiger partial charge is 0.342 e. The highest BCUT2D eigenvalue weighted by molar-refractivity contribution is 5.79. The first-order valence-corrected chi connectivity index (χ1v) is 11.5. The number of hydrogen-bond donors (Lipinski definition) is 0. The van der Waals surface area contributed by atoms with Gasteiger partial charge in [-0.1, -0.05) is 29.8 Å². The fraction of sp³-hybridized carbons (Fsp3) is 0.259. The average Bonchev–Trinajstić information content (AvgIpc) is 3.32. The molecule has 0 aliphatic carbocycles. The average molecular weight is 456 g/mol. The molecule has 1 fully saturated rings. The molecule has 0 saturated carbocycles. The number of aromatic nitrogens is 4. The van der Waals surface area contributed by atoms with E-state index in [4.69, 9.17) is 5.10 Å². The van der Waals surface area contributed by atoms with Gasteiger partial charge in [0.05, 0.1) is 17.8 Å². The van der Waals surface area contributed by atoms with Gasteiger partial charge in [0, 0.05) is 37.0 Å². The molecule has 7 heteroatoms. The van der Waals surface area contributed by atoms with Crippen LogP contribution in [0.25, 0.3) is 17.2 Å². The summed E-state index contributed by atoms with van der Waals surface area (Å²) in [7, 11) is 0. The molecule has 1 atom stereocenters. The van der Waals surface area contributed by atoms with E-state index in [0.29, 0.717) is 18.9 Å². The van der Waals surface area contributed by atoms with E-state index in [1.54, 1.807) is 35.3 Å². The zero-order chi connectivity index (χ0) is 23.5. The Hall–Kier alpha value is -3.87. The van der Waals surface area contributed by atoms with E-state index in [9.17, 15) is 9.18 Å². The lowest BCUT2D eigenvalue weighted by Crippen LogP contribution is -2.40. The van der Waals surface area contributed by atoms with Gasteiger partial charge in [0.15, 0.2) is 0 Å². The Labute approximate surface area is 198 Å². The summed E-state index contributed by atoms with van der Waals surface area (Å²) < 4.78 is 15.2. The molecule has 6 nitrogen and oxygen atoms in total. The number of nitrogens with zero attached hydrogens (tertiary/aromatic N) is 5. The van der Waals surface area contributed by atoms with Gasteiger partial charge in [0.25, 0.3) is 5.95 Å². The van der Waals surface area contributed by atoms with Crippen molar-refractivity contribution in [2.24, 2.45) is 0 Å². The molecule has 34 heavy (non-hydrogen) atoms. The molecule has 2 aromatic carbocycles. The molecule has 1 unspecified atom stereocenters. The Morgan fingerprint density at radius 3 is 2.53 bits per heavy atom. The second kappa shape index (κ2) is 9.55. The summed E-state index contributed by atoms with van der Waals surface area (Å²) in [6.45, 7) is 3.41. The minimum atomic E-state index is -0.287. The van der Waals surface area contributed by atoms with Crippen molar-refractivity contribution >= 4 is 5.91 Å². The zero-order valence-corrected chi connectivity index (χ0v) is 19.1. The van der Waals surface area contributed by atoms with E-state index in [0.717, 1.165) is 41.9 Å². The molecule has 0 spiro atoms. The second-order valence-electron chi connectivity index (χ2n) is 8.76. The Morgan fingerprint density at radius 1 is 1.06 bits per heavy atom. The van der Waals surface area contributed by atoms with E-state index in [1.165, 1.54) is 17.7 Å². The third-order valence-electron chi connectivity index (χ3n) is 6.29. The first-order chi connectivity index (χ1) is 16.6. The highest BCUT2D eigenvalue weighted by Gasteiger charge is 2.28. The summed E-state index contributed by atoms with van der Waals surface area (Å²) in [6, 6.07) is 18.2. The molecule has 0 N–H and O–H groups in total. The van der Waals surface area contributed by atoms with Crippen LogP contribution in [0.2, 0.25) is 0 Å². The Kier molecular flexibility index (Phi) is 6.16. The molecule has 2 aromatic heterocycles. The summed E-state index contributed by atoms with van der Waals surface area (Å²) in [5.74, 6) is 0.425. The van der Waals surface area contributed by atoms with Crippen LogP contribution in [-0.2, 0) is 11.2 Å². The monoisotopic (exact) mass is 455 g/mol. The molecule has 172 valence electrons. The molecule has 0 radical (unpaired) electrons. The lowest BCUT2D eigenvalue weighted by Gasteiger charge is -2.33. The molecule has 0 bridgehead atoms. The molecule has 1 saturated heterocycles. The quantitative estimate of drug-likeness (QED) is 0.437. The topological polar surface area (TPSA) is 63.9 Å². The molecule has 1 aliphatic rings. The standard InChI is InChI=1S/C27H26FN5O/c1-19-5-7-20(8-6-19)16-26(34)32-15-2-4-22(18-32)25-17-24(21-9-11-23(28)12-10-21)31-33(25)27-29-13-3-14-30-27/h3,5-14,17,22H,2,4,15-16,18H2,1H3. The molecular weight excluding hydrogens is 429 g/mol. The number of rotatable bonds is 5. The fourth-order valence-electron chi connectivity index (χ4n) is 4.45. The zero-order valence-electron chi connectivity index (χ0n) is 19.1.